The van der Waals surface area contributed by atoms with E-state index in [1.165, 1.54) is 20.3 Å². The molecule has 8 nitrogen and oxygen atoms in total. The van der Waals surface area contributed by atoms with E-state index in [4.69, 9.17) is 4.74 Å². The Morgan fingerprint density at radius 1 is 1.31 bits per heavy atom. The molecule has 2 rings (SSSR count). The minimum Gasteiger partial charge on any atom is -0.495 e. The number of amides is 1. The lowest BCUT2D eigenvalue weighted by Crippen LogP contribution is -2.23. The van der Waals surface area contributed by atoms with Crippen molar-refractivity contribution in [3.05, 3.63) is 46.4 Å². The fourth-order valence-electron chi connectivity index (χ4n) is 2.05. The summed E-state index contributed by atoms with van der Waals surface area (Å²) in [6.45, 7) is 1.68. The second kappa shape index (κ2) is 9.04. The van der Waals surface area contributed by atoms with Crippen LogP contribution in [0, 0.1) is 0 Å². The number of esters is 1. The van der Waals surface area contributed by atoms with Gasteiger partial charge in [0.1, 0.15) is 5.75 Å². The molecule has 0 saturated heterocycles. The molecule has 0 spiro atoms. The fourth-order valence-corrected chi connectivity index (χ4v) is 2.88. The predicted octanol–water partition coefficient (Wildman–Crippen LogP) is 1.61. The van der Waals surface area contributed by atoms with Crippen molar-refractivity contribution in [2.75, 3.05) is 19.5 Å². The Kier molecular flexibility index (Phi) is 6.79. The smallest absolute Gasteiger partial charge is 0.311 e. The number of carbonyl (C=O) groups excluding carboxylic acids is 2. The Bertz CT molecular complexity index is 852. The number of carbonyl (C=O) groups is 2. The molecule has 0 aliphatic rings. The maximum Gasteiger partial charge on any atom is 0.311 e. The van der Waals surface area contributed by atoms with E-state index in [0.717, 1.165) is 11.8 Å². The van der Waals surface area contributed by atoms with E-state index < -0.39 is 16.8 Å². The normalized spacial score (nSPS) is 11.5. The summed E-state index contributed by atoms with van der Waals surface area (Å²) in [6.07, 6.45) is -0.115. The minimum absolute atomic E-state index is 0.115. The molecule has 0 unspecified atom stereocenters. The lowest BCUT2D eigenvalue weighted by Gasteiger charge is -2.13. The van der Waals surface area contributed by atoms with Crippen LogP contribution in [0.5, 0.6) is 5.75 Å². The Morgan fingerprint density at radius 3 is 2.73 bits per heavy atom. The number of para-hydroxylation sites is 2. The molecule has 26 heavy (non-hydrogen) atoms. The van der Waals surface area contributed by atoms with Crippen molar-refractivity contribution >= 4 is 29.3 Å². The van der Waals surface area contributed by atoms with Gasteiger partial charge in [0.15, 0.2) is 5.16 Å². The molecule has 2 N–H and O–H groups in total. The van der Waals surface area contributed by atoms with Crippen molar-refractivity contribution in [3.8, 4) is 5.75 Å². The third-order valence-corrected chi connectivity index (χ3v) is 4.33. The Morgan fingerprint density at radius 2 is 2.04 bits per heavy atom. The highest BCUT2D eigenvalue weighted by Crippen LogP contribution is 2.25. The van der Waals surface area contributed by atoms with E-state index >= 15 is 0 Å². The predicted molar refractivity (Wildman–Crippen MR) is 97.5 cm³/mol. The van der Waals surface area contributed by atoms with Crippen LogP contribution < -0.4 is 15.6 Å². The number of aromatic nitrogens is 2. The number of anilines is 1. The van der Waals surface area contributed by atoms with E-state index in [1.54, 1.807) is 31.2 Å². The van der Waals surface area contributed by atoms with Crippen LogP contribution in [0.3, 0.4) is 0 Å². The first-order valence-corrected chi connectivity index (χ1v) is 8.58. The molecule has 138 valence electrons. The number of rotatable bonds is 7. The molecule has 0 saturated carbocycles. The van der Waals surface area contributed by atoms with Crippen LogP contribution in [-0.2, 0) is 20.7 Å². The van der Waals surface area contributed by atoms with Gasteiger partial charge in [-0.1, -0.05) is 23.9 Å². The van der Waals surface area contributed by atoms with Crippen molar-refractivity contribution in [1.82, 2.24) is 9.97 Å². The molecular weight excluding hydrogens is 358 g/mol. The van der Waals surface area contributed by atoms with Crippen LogP contribution in [0.15, 0.2) is 40.3 Å². The van der Waals surface area contributed by atoms with Crippen LogP contribution in [0.1, 0.15) is 12.6 Å². The van der Waals surface area contributed by atoms with E-state index in [9.17, 15) is 14.4 Å². The average molecular weight is 377 g/mol. The summed E-state index contributed by atoms with van der Waals surface area (Å²) < 4.78 is 9.77. The third kappa shape index (κ3) is 5.35. The maximum atomic E-state index is 12.4. The first kappa shape index (κ1) is 19.5. The average Bonchev–Trinajstić information content (AvgIpc) is 2.61. The number of nitrogens with one attached hydrogen (secondary N) is 2. The van der Waals surface area contributed by atoms with E-state index in [2.05, 4.69) is 20.0 Å². The lowest BCUT2D eigenvalue weighted by atomic mass is 10.3. The van der Waals surface area contributed by atoms with E-state index in [-0.39, 0.29) is 23.2 Å². The second-order valence-electron chi connectivity index (χ2n) is 5.24. The summed E-state index contributed by atoms with van der Waals surface area (Å²) in [7, 11) is 2.78. The van der Waals surface area contributed by atoms with Crippen LogP contribution in [0.4, 0.5) is 5.69 Å². The molecule has 0 radical (unpaired) electrons. The zero-order valence-electron chi connectivity index (χ0n) is 14.6. The number of ether oxygens (including phenoxy) is 2. The fraction of sp³-hybridized carbons (Fsp3) is 0.294. The van der Waals surface area contributed by atoms with Gasteiger partial charge in [0.25, 0.3) is 5.56 Å². The van der Waals surface area contributed by atoms with Gasteiger partial charge >= 0.3 is 5.97 Å². The van der Waals surface area contributed by atoms with Crippen LogP contribution in [0.25, 0.3) is 0 Å². The summed E-state index contributed by atoms with van der Waals surface area (Å²) in [5, 5.41) is 2.48. The van der Waals surface area contributed by atoms with Gasteiger partial charge < -0.3 is 19.8 Å². The highest BCUT2D eigenvalue weighted by Gasteiger charge is 2.18. The lowest BCUT2D eigenvalue weighted by molar-refractivity contribution is -0.139. The zero-order valence-corrected chi connectivity index (χ0v) is 15.4. The van der Waals surface area contributed by atoms with Crippen molar-refractivity contribution in [2.45, 2.75) is 23.8 Å². The zero-order chi connectivity index (χ0) is 19.1. The van der Waals surface area contributed by atoms with E-state index in [1.807, 2.05) is 0 Å². The molecule has 0 bridgehead atoms. The number of hydrogen-bond acceptors (Lipinski definition) is 7. The maximum absolute atomic E-state index is 12.4. The summed E-state index contributed by atoms with van der Waals surface area (Å²) in [4.78, 5) is 42.2. The second-order valence-corrected chi connectivity index (χ2v) is 6.57. The summed E-state index contributed by atoms with van der Waals surface area (Å²) >= 11 is 1.08. The number of nitrogens with zero attached hydrogens (tertiary/aromatic N) is 1. The molecule has 0 aliphatic carbocycles. The largest absolute Gasteiger partial charge is 0.495 e. The molecule has 1 aromatic carbocycles. The number of aromatic amines is 1. The highest BCUT2D eigenvalue weighted by atomic mass is 32.2. The van der Waals surface area contributed by atoms with Crippen molar-refractivity contribution in [3.63, 3.8) is 0 Å². The molecule has 1 heterocycles. The third-order valence-electron chi connectivity index (χ3n) is 3.35. The molecule has 0 fully saturated rings. The summed E-state index contributed by atoms with van der Waals surface area (Å²) in [5.41, 5.74) is 0.424. The molecule has 2 aromatic rings. The summed E-state index contributed by atoms with van der Waals surface area (Å²) in [6, 6.07) is 8.27. The SMILES string of the molecule is COC(=O)Cc1cc(=O)[nH]c(S[C@H](C)C(=O)Nc2ccccc2OC)n1. The van der Waals surface area contributed by atoms with Crippen molar-refractivity contribution in [2.24, 2.45) is 0 Å². The number of methoxy groups -OCH3 is 2. The van der Waals surface area contributed by atoms with Gasteiger partial charge in [-0.15, -0.1) is 0 Å². The number of benzene rings is 1. The molecule has 1 amide bonds. The standard InChI is InChI=1S/C17H19N3O5S/c1-10(16(23)19-12-6-4-5-7-13(12)24-2)26-17-18-11(8-14(21)20-17)9-15(22)25-3/h4-8,10H,9H2,1-3H3,(H,19,23)(H,18,20,21)/t10-/m1/s1. The first-order chi connectivity index (χ1) is 12.4. The van der Waals surface area contributed by atoms with Gasteiger partial charge in [0.2, 0.25) is 5.91 Å². The first-order valence-electron chi connectivity index (χ1n) is 7.70. The van der Waals surface area contributed by atoms with Gasteiger partial charge in [-0.2, -0.15) is 0 Å². The van der Waals surface area contributed by atoms with Gasteiger partial charge in [-0.25, -0.2) is 4.98 Å². The molecule has 9 heteroatoms. The molecule has 1 atom stereocenters. The van der Waals surface area contributed by atoms with Crippen LogP contribution >= 0.6 is 11.8 Å². The van der Waals surface area contributed by atoms with E-state index in [0.29, 0.717) is 11.4 Å². The van der Waals surface area contributed by atoms with Gasteiger partial charge in [0.05, 0.1) is 37.3 Å². The van der Waals surface area contributed by atoms with Gasteiger partial charge in [-0.05, 0) is 19.1 Å². The highest BCUT2D eigenvalue weighted by molar-refractivity contribution is 8.00. The van der Waals surface area contributed by atoms with Crippen molar-refractivity contribution < 1.29 is 19.1 Å². The number of H-pyrrole nitrogens is 1. The topological polar surface area (TPSA) is 110 Å². The quantitative estimate of drug-likeness (QED) is 0.428. The van der Waals surface area contributed by atoms with Gasteiger partial charge in [0, 0.05) is 6.07 Å². The molecular formula is C17H19N3O5S. The van der Waals surface area contributed by atoms with Crippen LogP contribution in [-0.4, -0.2) is 41.3 Å². The molecule has 1 aromatic heterocycles. The Balaban J connectivity index is 2.08. The van der Waals surface area contributed by atoms with Crippen LogP contribution in [0.2, 0.25) is 0 Å². The van der Waals surface area contributed by atoms with Gasteiger partial charge in [-0.3, -0.25) is 14.4 Å². The number of thioether (sulfide) groups is 1. The summed E-state index contributed by atoms with van der Waals surface area (Å²) in [5.74, 6) is -0.230. The minimum atomic E-state index is -0.545. The Labute approximate surface area is 154 Å². The van der Waals surface area contributed by atoms with Crippen molar-refractivity contribution in [1.29, 1.82) is 0 Å². The molecule has 0 aliphatic heterocycles. The number of hydrogen-bond donors (Lipinski definition) is 2. The Hall–Kier alpha value is -2.81. The monoisotopic (exact) mass is 377 g/mol.